The van der Waals surface area contributed by atoms with Crippen LogP contribution < -0.4 is 15.4 Å². The molecule has 1 aromatic heterocycles. The number of nitrogens with zero attached hydrogens (tertiary/aromatic N) is 1. The lowest BCUT2D eigenvalue weighted by Crippen LogP contribution is -2.40. The highest BCUT2D eigenvalue weighted by Crippen LogP contribution is 2.29. The smallest absolute Gasteiger partial charge is 0.407 e. The number of hydrogen-bond donors (Lipinski definition) is 2. The average Bonchev–Trinajstić information content (AvgIpc) is 3.69. The van der Waals surface area contributed by atoms with Gasteiger partial charge in [0.1, 0.15) is 5.60 Å². The van der Waals surface area contributed by atoms with Gasteiger partial charge in [-0.05, 0) is 58.6 Å². The molecule has 10 heteroatoms. The molecule has 1 saturated carbocycles. The fourth-order valence-corrected chi connectivity index (χ4v) is 3.66. The summed E-state index contributed by atoms with van der Waals surface area (Å²) in [5.74, 6) is -0.867. The average molecular weight is 514 g/mol. The summed E-state index contributed by atoms with van der Waals surface area (Å²) in [6.07, 6.45) is 1.89. The molecule has 0 radical (unpaired) electrons. The largest absolute Gasteiger partial charge is 0.480 e. The van der Waals surface area contributed by atoms with Crippen LogP contribution >= 0.6 is 0 Å². The third kappa shape index (κ3) is 9.04. The zero-order valence-electron chi connectivity index (χ0n) is 21.8. The van der Waals surface area contributed by atoms with Crippen LogP contribution in [0.25, 0.3) is 10.9 Å². The quantitative estimate of drug-likeness (QED) is 0.325. The highest BCUT2D eigenvalue weighted by atomic mass is 16.6. The van der Waals surface area contributed by atoms with Crippen molar-refractivity contribution in [2.45, 2.75) is 64.5 Å². The van der Waals surface area contributed by atoms with Crippen molar-refractivity contribution in [3.63, 3.8) is 0 Å². The fraction of sp³-hybridized carbons (Fsp3) is 0.519. The molecule has 0 spiro atoms. The van der Waals surface area contributed by atoms with Crippen LogP contribution in [-0.2, 0) is 19.1 Å². The number of para-hydroxylation sites is 1. The summed E-state index contributed by atoms with van der Waals surface area (Å²) in [6.45, 7) is 5.14. The van der Waals surface area contributed by atoms with E-state index in [2.05, 4.69) is 15.6 Å². The second-order valence-electron chi connectivity index (χ2n) is 10.1. The van der Waals surface area contributed by atoms with Crippen molar-refractivity contribution >= 4 is 34.7 Å². The number of pyridine rings is 1. The van der Waals surface area contributed by atoms with Crippen LogP contribution in [-0.4, -0.2) is 60.6 Å². The van der Waals surface area contributed by atoms with Gasteiger partial charge in [-0.2, -0.15) is 0 Å². The summed E-state index contributed by atoms with van der Waals surface area (Å²) in [4.78, 5) is 53.6. The lowest BCUT2D eigenvalue weighted by Gasteiger charge is -2.21. The Morgan fingerprint density at radius 3 is 2.51 bits per heavy atom. The van der Waals surface area contributed by atoms with Gasteiger partial charge in [0, 0.05) is 30.3 Å². The Labute approximate surface area is 216 Å². The maximum absolute atomic E-state index is 12.7. The van der Waals surface area contributed by atoms with E-state index in [1.54, 1.807) is 26.8 Å². The standard InChI is InChI=1S/C27H35N3O7/c1-27(2,3)37-26(34)28-14-13-19(29-24(33)17-9-10-17)11-12-23(32)36-16-22(31)20-15-18-7-5-6-8-21(18)30-25(20)35-4/h5-8,15,17,19H,9-14,16H2,1-4H3,(H,28,34)(H,29,33). The molecule has 1 atom stereocenters. The Morgan fingerprint density at radius 2 is 1.84 bits per heavy atom. The van der Waals surface area contributed by atoms with Crippen LogP contribution in [0.2, 0.25) is 0 Å². The molecule has 0 saturated heterocycles. The number of hydrogen-bond acceptors (Lipinski definition) is 8. The van der Waals surface area contributed by atoms with Gasteiger partial charge in [-0.1, -0.05) is 18.2 Å². The summed E-state index contributed by atoms with van der Waals surface area (Å²) in [5, 5.41) is 6.39. The molecule has 200 valence electrons. The number of ether oxygens (including phenoxy) is 3. The van der Waals surface area contributed by atoms with E-state index in [1.165, 1.54) is 7.11 Å². The van der Waals surface area contributed by atoms with Gasteiger partial charge in [0.2, 0.25) is 17.6 Å². The van der Waals surface area contributed by atoms with Crippen molar-refractivity contribution in [2.24, 2.45) is 5.92 Å². The van der Waals surface area contributed by atoms with E-state index in [4.69, 9.17) is 14.2 Å². The van der Waals surface area contributed by atoms with E-state index >= 15 is 0 Å². The molecule has 1 unspecified atom stereocenters. The van der Waals surface area contributed by atoms with E-state index < -0.39 is 30.1 Å². The van der Waals surface area contributed by atoms with Crippen LogP contribution in [0.4, 0.5) is 4.79 Å². The first-order valence-electron chi connectivity index (χ1n) is 12.5. The van der Waals surface area contributed by atoms with Gasteiger partial charge in [-0.25, -0.2) is 9.78 Å². The molecule has 10 nitrogen and oxygen atoms in total. The number of ketones is 1. The number of fused-ring (bicyclic) bond motifs is 1. The first-order chi connectivity index (χ1) is 17.6. The lowest BCUT2D eigenvalue weighted by molar-refractivity contribution is -0.143. The highest BCUT2D eigenvalue weighted by molar-refractivity contribution is 6.02. The third-order valence-corrected chi connectivity index (χ3v) is 5.70. The second-order valence-corrected chi connectivity index (χ2v) is 10.1. The highest BCUT2D eigenvalue weighted by Gasteiger charge is 2.31. The van der Waals surface area contributed by atoms with Crippen LogP contribution in [0.1, 0.15) is 63.2 Å². The topological polar surface area (TPSA) is 133 Å². The van der Waals surface area contributed by atoms with E-state index in [0.717, 1.165) is 18.2 Å². The molecule has 37 heavy (non-hydrogen) atoms. The predicted molar refractivity (Wildman–Crippen MR) is 136 cm³/mol. The number of aromatic nitrogens is 1. The predicted octanol–water partition coefficient (Wildman–Crippen LogP) is 3.56. The van der Waals surface area contributed by atoms with Crippen molar-refractivity contribution < 1.29 is 33.4 Å². The minimum absolute atomic E-state index is 0.00242. The summed E-state index contributed by atoms with van der Waals surface area (Å²) in [5.41, 5.74) is 0.308. The number of benzene rings is 1. The summed E-state index contributed by atoms with van der Waals surface area (Å²) in [7, 11) is 1.42. The Kier molecular flexibility index (Phi) is 9.43. The van der Waals surface area contributed by atoms with Gasteiger partial charge < -0.3 is 24.8 Å². The number of esters is 1. The molecule has 0 bridgehead atoms. The van der Waals surface area contributed by atoms with Gasteiger partial charge in [0.15, 0.2) is 6.61 Å². The van der Waals surface area contributed by atoms with Gasteiger partial charge >= 0.3 is 12.1 Å². The fourth-order valence-electron chi connectivity index (χ4n) is 3.66. The molecule has 1 heterocycles. The first-order valence-corrected chi connectivity index (χ1v) is 12.5. The number of nitrogens with one attached hydrogen (secondary N) is 2. The van der Waals surface area contributed by atoms with Crippen molar-refractivity contribution in [2.75, 3.05) is 20.3 Å². The number of methoxy groups -OCH3 is 1. The van der Waals surface area contributed by atoms with Gasteiger partial charge in [-0.15, -0.1) is 0 Å². The third-order valence-electron chi connectivity index (χ3n) is 5.70. The van der Waals surface area contributed by atoms with Gasteiger partial charge in [-0.3, -0.25) is 14.4 Å². The Morgan fingerprint density at radius 1 is 1.11 bits per heavy atom. The van der Waals surface area contributed by atoms with E-state index in [9.17, 15) is 19.2 Å². The molecule has 2 amide bonds. The Hall–Kier alpha value is -3.69. The van der Waals surface area contributed by atoms with Crippen molar-refractivity contribution in [1.82, 2.24) is 15.6 Å². The minimum atomic E-state index is -0.613. The number of alkyl carbamates (subject to hydrolysis) is 1. The lowest BCUT2D eigenvalue weighted by atomic mass is 10.1. The number of amides is 2. The molecular weight excluding hydrogens is 478 g/mol. The maximum atomic E-state index is 12.7. The van der Waals surface area contributed by atoms with Gasteiger partial charge in [0.25, 0.3) is 0 Å². The van der Waals surface area contributed by atoms with Gasteiger partial charge in [0.05, 0.1) is 18.2 Å². The number of carbonyl (C=O) groups is 4. The number of rotatable bonds is 12. The van der Waals surface area contributed by atoms with Crippen LogP contribution in [0, 0.1) is 5.92 Å². The first kappa shape index (κ1) is 27.9. The number of Topliss-reactive ketones (excluding diaryl/α,β-unsaturated/α-hetero) is 1. The normalized spacial score (nSPS) is 13.9. The van der Waals surface area contributed by atoms with E-state index in [-0.39, 0.29) is 42.3 Å². The molecule has 3 rings (SSSR count). The molecule has 1 aliphatic carbocycles. The summed E-state index contributed by atoms with van der Waals surface area (Å²) < 4.78 is 15.7. The zero-order valence-corrected chi connectivity index (χ0v) is 21.8. The molecular formula is C27H35N3O7. The van der Waals surface area contributed by atoms with E-state index in [1.807, 2.05) is 24.3 Å². The molecule has 1 aromatic carbocycles. The Balaban J connectivity index is 1.50. The SMILES string of the molecule is COc1nc2ccccc2cc1C(=O)COC(=O)CCC(CCNC(=O)OC(C)(C)C)NC(=O)C1CC1. The maximum Gasteiger partial charge on any atom is 0.407 e. The molecule has 1 fully saturated rings. The summed E-state index contributed by atoms with van der Waals surface area (Å²) >= 11 is 0. The van der Waals surface area contributed by atoms with Crippen molar-refractivity contribution in [1.29, 1.82) is 0 Å². The molecule has 1 aliphatic rings. The molecule has 0 aliphatic heterocycles. The van der Waals surface area contributed by atoms with Crippen molar-refractivity contribution in [3.05, 3.63) is 35.9 Å². The minimum Gasteiger partial charge on any atom is -0.480 e. The van der Waals surface area contributed by atoms with E-state index in [0.29, 0.717) is 18.4 Å². The Bertz CT molecular complexity index is 1140. The zero-order chi connectivity index (χ0) is 27.0. The monoisotopic (exact) mass is 513 g/mol. The molecule has 2 aromatic rings. The molecule has 2 N–H and O–H groups in total. The van der Waals surface area contributed by atoms with Crippen LogP contribution in [0.3, 0.4) is 0 Å². The summed E-state index contributed by atoms with van der Waals surface area (Å²) in [6, 6.07) is 8.65. The van der Waals surface area contributed by atoms with Crippen LogP contribution in [0.5, 0.6) is 5.88 Å². The number of carbonyl (C=O) groups excluding carboxylic acids is 4. The second kappa shape index (κ2) is 12.5. The van der Waals surface area contributed by atoms with Crippen LogP contribution in [0.15, 0.2) is 30.3 Å². The van der Waals surface area contributed by atoms with Crippen molar-refractivity contribution in [3.8, 4) is 5.88 Å².